The zero-order valence-electron chi connectivity index (χ0n) is 13.6. The highest BCUT2D eigenvalue weighted by Crippen LogP contribution is 2.37. The number of nitro benzene ring substituents is 1. The molecule has 2 amide bonds. The molecule has 4 rings (SSSR count). The summed E-state index contributed by atoms with van der Waals surface area (Å²) < 4.78 is 5.32. The first-order valence-electron chi connectivity index (χ1n) is 7.76. The molecule has 7 heteroatoms. The number of nitrogens with zero attached hydrogens (tertiary/aromatic N) is 2. The van der Waals surface area contributed by atoms with Crippen LogP contribution in [0.1, 0.15) is 20.7 Å². The van der Waals surface area contributed by atoms with Crippen LogP contribution in [0.3, 0.4) is 0 Å². The average Bonchev–Trinajstić information content (AvgIpc) is 2.66. The summed E-state index contributed by atoms with van der Waals surface area (Å²) in [6, 6.07) is 13.8. The van der Waals surface area contributed by atoms with Gasteiger partial charge in [-0.15, -0.1) is 0 Å². The molecule has 0 atom stereocenters. The molecule has 0 radical (unpaired) electrons. The predicted octanol–water partition coefficient (Wildman–Crippen LogP) is 3.56. The number of amides is 2. The van der Waals surface area contributed by atoms with Gasteiger partial charge in [-0.3, -0.25) is 19.7 Å². The highest BCUT2D eigenvalue weighted by Gasteiger charge is 2.34. The zero-order valence-corrected chi connectivity index (χ0v) is 13.6. The summed E-state index contributed by atoms with van der Waals surface area (Å²) in [6.07, 6.45) is 0. The second-order valence-corrected chi connectivity index (χ2v) is 5.76. The van der Waals surface area contributed by atoms with Crippen molar-refractivity contribution in [1.29, 1.82) is 0 Å². The molecule has 3 aromatic carbocycles. The first-order chi connectivity index (χ1) is 12.5. The standard InChI is InChI=1S/C19H12N2O5/c1-26-16-10-9-15-17-13(16)3-2-4-14(17)18(22)20(19(15)23)11-5-7-12(8-6-11)21(24)25/h2-10H,1H3. The van der Waals surface area contributed by atoms with Gasteiger partial charge < -0.3 is 4.74 Å². The summed E-state index contributed by atoms with van der Waals surface area (Å²) in [5, 5.41) is 12.1. The average molecular weight is 348 g/mol. The molecule has 1 aliphatic heterocycles. The summed E-state index contributed by atoms with van der Waals surface area (Å²) in [6.45, 7) is 0. The molecule has 0 N–H and O–H groups in total. The second kappa shape index (κ2) is 5.66. The SMILES string of the molecule is COc1ccc2c3c(cccc13)C(=O)N(c1ccc([N+](=O)[O-])cc1)C2=O. The van der Waals surface area contributed by atoms with Crippen LogP contribution in [0.5, 0.6) is 5.75 Å². The lowest BCUT2D eigenvalue weighted by Gasteiger charge is -2.27. The highest BCUT2D eigenvalue weighted by atomic mass is 16.6. The van der Waals surface area contributed by atoms with Gasteiger partial charge in [0.25, 0.3) is 17.5 Å². The van der Waals surface area contributed by atoms with Crippen molar-refractivity contribution in [2.24, 2.45) is 0 Å². The minimum atomic E-state index is -0.536. The van der Waals surface area contributed by atoms with Crippen LogP contribution in [0.2, 0.25) is 0 Å². The molecule has 1 heterocycles. The number of hydrogen-bond donors (Lipinski definition) is 0. The maximum Gasteiger partial charge on any atom is 0.269 e. The highest BCUT2D eigenvalue weighted by molar-refractivity contribution is 6.36. The van der Waals surface area contributed by atoms with Crippen LogP contribution in [0, 0.1) is 10.1 Å². The van der Waals surface area contributed by atoms with E-state index >= 15 is 0 Å². The minimum Gasteiger partial charge on any atom is -0.496 e. The van der Waals surface area contributed by atoms with Crippen LogP contribution in [-0.2, 0) is 0 Å². The van der Waals surface area contributed by atoms with E-state index in [0.29, 0.717) is 27.6 Å². The summed E-state index contributed by atoms with van der Waals surface area (Å²) in [5.74, 6) is -0.375. The Morgan fingerprint density at radius 1 is 0.923 bits per heavy atom. The molecule has 0 bridgehead atoms. The lowest BCUT2D eigenvalue weighted by atomic mass is 9.93. The van der Waals surface area contributed by atoms with Gasteiger partial charge in [0.1, 0.15) is 5.75 Å². The number of carbonyl (C=O) groups is 2. The van der Waals surface area contributed by atoms with Crippen molar-refractivity contribution in [2.45, 2.75) is 0 Å². The minimum absolute atomic E-state index is 0.113. The maximum absolute atomic E-state index is 13.0. The molecule has 0 saturated heterocycles. The van der Waals surface area contributed by atoms with Crippen molar-refractivity contribution in [2.75, 3.05) is 12.0 Å². The number of anilines is 1. The molecule has 0 saturated carbocycles. The Balaban J connectivity index is 1.90. The summed E-state index contributed by atoms with van der Waals surface area (Å²) in [4.78, 5) is 37.2. The fraction of sp³-hybridized carbons (Fsp3) is 0.0526. The lowest BCUT2D eigenvalue weighted by Crippen LogP contribution is -2.40. The Labute approximate surface area is 147 Å². The molecule has 128 valence electrons. The molecule has 26 heavy (non-hydrogen) atoms. The van der Waals surface area contributed by atoms with Crippen LogP contribution in [-0.4, -0.2) is 23.8 Å². The van der Waals surface area contributed by atoms with E-state index in [1.54, 1.807) is 30.3 Å². The van der Waals surface area contributed by atoms with Crippen molar-refractivity contribution in [3.63, 3.8) is 0 Å². The third-order valence-corrected chi connectivity index (χ3v) is 4.41. The van der Waals surface area contributed by atoms with Crippen LogP contribution in [0.15, 0.2) is 54.6 Å². The molecular weight excluding hydrogens is 336 g/mol. The summed E-state index contributed by atoms with van der Waals surface area (Å²) in [5.41, 5.74) is 0.936. The normalized spacial score (nSPS) is 13.2. The van der Waals surface area contributed by atoms with E-state index in [-0.39, 0.29) is 11.4 Å². The van der Waals surface area contributed by atoms with Gasteiger partial charge in [-0.25, -0.2) is 4.90 Å². The Hall–Kier alpha value is -3.74. The molecule has 1 aliphatic rings. The molecule has 3 aromatic rings. The first-order valence-corrected chi connectivity index (χ1v) is 7.76. The molecular formula is C19H12N2O5. The second-order valence-electron chi connectivity index (χ2n) is 5.76. The smallest absolute Gasteiger partial charge is 0.269 e. The van der Waals surface area contributed by atoms with Gasteiger partial charge in [0.05, 0.1) is 17.7 Å². The van der Waals surface area contributed by atoms with Gasteiger partial charge in [0.2, 0.25) is 0 Å². The maximum atomic E-state index is 13.0. The van der Waals surface area contributed by atoms with Gasteiger partial charge in [0.15, 0.2) is 0 Å². The van der Waals surface area contributed by atoms with Crippen molar-refractivity contribution in [3.05, 3.63) is 75.8 Å². The van der Waals surface area contributed by atoms with Crippen LogP contribution < -0.4 is 9.64 Å². The topological polar surface area (TPSA) is 89.8 Å². The molecule has 0 aliphatic carbocycles. The Morgan fingerprint density at radius 2 is 1.58 bits per heavy atom. The molecule has 0 spiro atoms. The summed E-state index contributed by atoms with van der Waals surface area (Å²) in [7, 11) is 1.53. The van der Waals surface area contributed by atoms with Crippen LogP contribution >= 0.6 is 0 Å². The fourth-order valence-corrected chi connectivity index (χ4v) is 3.21. The number of non-ortho nitro benzene ring substituents is 1. The summed E-state index contributed by atoms with van der Waals surface area (Å²) >= 11 is 0. The molecule has 0 unspecified atom stereocenters. The number of carbonyl (C=O) groups excluding carboxylic acids is 2. The van der Waals surface area contributed by atoms with Gasteiger partial charge in [-0.2, -0.15) is 0 Å². The number of ether oxygens (including phenoxy) is 1. The van der Waals surface area contributed by atoms with Crippen LogP contribution in [0.25, 0.3) is 10.8 Å². The Bertz CT molecular complexity index is 1070. The van der Waals surface area contributed by atoms with E-state index in [1.165, 1.54) is 31.4 Å². The first kappa shape index (κ1) is 15.8. The van der Waals surface area contributed by atoms with Crippen LogP contribution in [0.4, 0.5) is 11.4 Å². The number of hydrogen-bond acceptors (Lipinski definition) is 5. The largest absolute Gasteiger partial charge is 0.496 e. The zero-order chi connectivity index (χ0) is 18.4. The van der Waals surface area contributed by atoms with Crippen molar-refractivity contribution in [3.8, 4) is 5.75 Å². The van der Waals surface area contributed by atoms with Crippen molar-refractivity contribution >= 4 is 34.0 Å². The predicted molar refractivity (Wildman–Crippen MR) is 94.7 cm³/mol. The van der Waals surface area contributed by atoms with E-state index in [4.69, 9.17) is 4.74 Å². The quantitative estimate of drug-likeness (QED) is 0.410. The van der Waals surface area contributed by atoms with Gasteiger partial charge in [0, 0.05) is 34.0 Å². The van der Waals surface area contributed by atoms with E-state index in [0.717, 1.165) is 4.90 Å². The number of benzene rings is 3. The molecule has 7 nitrogen and oxygen atoms in total. The third-order valence-electron chi connectivity index (χ3n) is 4.41. The Kier molecular flexibility index (Phi) is 3.43. The Morgan fingerprint density at radius 3 is 2.19 bits per heavy atom. The lowest BCUT2D eigenvalue weighted by molar-refractivity contribution is -0.384. The third kappa shape index (κ3) is 2.14. The molecule has 0 aromatic heterocycles. The molecule has 0 fully saturated rings. The van der Waals surface area contributed by atoms with Crippen molar-refractivity contribution < 1.29 is 19.2 Å². The van der Waals surface area contributed by atoms with E-state index < -0.39 is 16.7 Å². The van der Waals surface area contributed by atoms with E-state index in [2.05, 4.69) is 0 Å². The number of imide groups is 1. The number of nitro groups is 1. The van der Waals surface area contributed by atoms with Gasteiger partial charge in [-0.1, -0.05) is 12.1 Å². The van der Waals surface area contributed by atoms with E-state index in [9.17, 15) is 19.7 Å². The van der Waals surface area contributed by atoms with Crippen molar-refractivity contribution in [1.82, 2.24) is 0 Å². The fourth-order valence-electron chi connectivity index (χ4n) is 3.21. The van der Waals surface area contributed by atoms with E-state index in [1.807, 2.05) is 0 Å². The number of rotatable bonds is 3. The monoisotopic (exact) mass is 348 g/mol. The van der Waals surface area contributed by atoms with Gasteiger partial charge in [-0.05, 0) is 30.3 Å². The van der Waals surface area contributed by atoms with Gasteiger partial charge >= 0.3 is 0 Å². The number of methoxy groups -OCH3 is 1.